The largest absolute Gasteiger partial charge is 0.457 e. The normalized spacial score (nSPS) is 28.7. The van der Waals surface area contributed by atoms with Gasteiger partial charge in [-0.1, -0.05) is 114 Å². The molecule has 0 amide bonds. The molecule has 0 aromatic rings. The average Bonchev–Trinajstić information content (AvgIpc) is 3.22. The van der Waals surface area contributed by atoms with Gasteiger partial charge in [0.1, 0.15) is 54.9 Å². The molecule has 2 heterocycles. The summed E-state index contributed by atoms with van der Waals surface area (Å²) in [6, 6.07) is 0. The third-order valence-corrected chi connectivity index (χ3v) is 10.1. The van der Waals surface area contributed by atoms with Crippen molar-refractivity contribution < 1.29 is 69.0 Å². The molecule has 7 N–H and O–H groups in total. The van der Waals surface area contributed by atoms with Crippen LogP contribution in [0.4, 0.5) is 0 Å². The van der Waals surface area contributed by atoms with Gasteiger partial charge in [0.25, 0.3) is 0 Å². The molecule has 2 saturated heterocycles. The summed E-state index contributed by atoms with van der Waals surface area (Å²) in [5.41, 5.74) is 0. The Morgan fingerprint density at radius 1 is 0.586 bits per heavy atom. The number of carbonyl (C=O) groups is 1. The van der Waals surface area contributed by atoms with Crippen molar-refractivity contribution in [3.8, 4) is 0 Å². The van der Waals surface area contributed by atoms with E-state index >= 15 is 0 Å². The first-order valence-electron chi connectivity index (χ1n) is 21.7. The van der Waals surface area contributed by atoms with Crippen molar-refractivity contribution in [3.05, 3.63) is 48.6 Å². The first-order valence-corrected chi connectivity index (χ1v) is 21.7. The number of esters is 1. The van der Waals surface area contributed by atoms with Crippen LogP contribution in [-0.4, -0.2) is 142 Å². The molecule has 336 valence electrons. The van der Waals surface area contributed by atoms with Gasteiger partial charge in [-0.05, 0) is 51.4 Å². The zero-order valence-electron chi connectivity index (χ0n) is 35.0. The second kappa shape index (κ2) is 32.7. The Morgan fingerprint density at radius 3 is 1.76 bits per heavy atom. The van der Waals surface area contributed by atoms with Crippen molar-refractivity contribution in [3.63, 3.8) is 0 Å². The highest BCUT2D eigenvalue weighted by molar-refractivity contribution is 5.69. The number of allylic oxidation sites excluding steroid dienone is 8. The summed E-state index contributed by atoms with van der Waals surface area (Å²) < 4.78 is 33.9. The van der Waals surface area contributed by atoms with Crippen LogP contribution in [0.3, 0.4) is 0 Å². The summed E-state index contributed by atoms with van der Waals surface area (Å²) in [7, 11) is 0. The molecule has 14 heteroatoms. The smallest absolute Gasteiger partial charge is 0.306 e. The molecular weight excluding hydrogens is 752 g/mol. The number of rotatable bonds is 32. The number of hydrogen-bond acceptors (Lipinski definition) is 14. The Hall–Kier alpha value is -2.05. The van der Waals surface area contributed by atoms with E-state index < -0.39 is 86.7 Å². The summed E-state index contributed by atoms with van der Waals surface area (Å²) in [6.45, 7) is 3.42. The van der Waals surface area contributed by atoms with Crippen LogP contribution in [0.15, 0.2) is 48.6 Å². The summed E-state index contributed by atoms with van der Waals surface area (Å²) in [5.74, 6) is -0.396. The molecule has 0 bridgehead atoms. The fourth-order valence-corrected chi connectivity index (χ4v) is 6.51. The van der Waals surface area contributed by atoms with E-state index in [1.165, 1.54) is 0 Å². The van der Waals surface area contributed by atoms with E-state index in [-0.39, 0.29) is 19.6 Å². The van der Waals surface area contributed by atoms with Crippen molar-refractivity contribution in [2.24, 2.45) is 0 Å². The molecule has 0 saturated carbocycles. The van der Waals surface area contributed by atoms with Gasteiger partial charge in [0.15, 0.2) is 12.6 Å². The second-order valence-corrected chi connectivity index (χ2v) is 15.1. The lowest BCUT2D eigenvalue weighted by molar-refractivity contribution is -0.332. The van der Waals surface area contributed by atoms with Gasteiger partial charge in [-0.2, -0.15) is 0 Å². The minimum absolute atomic E-state index is 0.0473. The third-order valence-electron chi connectivity index (χ3n) is 10.1. The summed E-state index contributed by atoms with van der Waals surface area (Å²) in [6.07, 6.45) is 17.9. The highest BCUT2D eigenvalue weighted by atomic mass is 16.7. The molecule has 11 unspecified atom stereocenters. The Bertz CT molecular complexity index is 1150. The number of ether oxygens (including phenoxy) is 6. The Labute approximate surface area is 346 Å². The first kappa shape index (κ1) is 52.1. The molecule has 2 aliphatic heterocycles. The molecule has 14 nitrogen and oxygen atoms in total. The number of hydrogen-bond donors (Lipinski definition) is 7. The van der Waals surface area contributed by atoms with Crippen LogP contribution in [0.2, 0.25) is 0 Å². The number of aliphatic hydroxyl groups excluding tert-OH is 7. The fraction of sp³-hybridized carbons (Fsp3) is 0.795. The summed E-state index contributed by atoms with van der Waals surface area (Å²) >= 11 is 0. The molecule has 0 radical (unpaired) electrons. The zero-order valence-corrected chi connectivity index (χ0v) is 35.0. The molecule has 11 atom stereocenters. The molecule has 58 heavy (non-hydrogen) atoms. The van der Waals surface area contributed by atoms with Crippen LogP contribution in [-0.2, 0) is 33.2 Å². The molecular formula is C44H76O14. The van der Waals surface area contributed by atoms with Gasteiger partial charge in [-0.15, -0.1) is 0 Å². The van der Waals surface area contributed by atoms with E-state index in [1.807, 2.05) is 0 Å². The van der Waals surface area contributed by atoms with Crippen molar-refractivity contribution in [2.45, 2.75) is 191 Å². The van der Waals surface area contributed by atoms with Crippen LogP contribution < -0.4 is 0 Å². The quantitative estimate of drug-likeness (QED) is 0.0284. The topological polar surface area (TPSA) is 214 Å². The zero-order chi connectivity index (χ0) is 42.4. The molecule has 2 fully saturated rings. The van der Waals surface area contributed by atoms with Gasteiger partial charge in [0.2, 0.25) is 0 Å². The van der Waals surface area contributed by atoms with Crippen LogP contribution in [0.25, 0.3) is 0 Å². The molecule has 0 spiro atoms. The van der Waals surface area contributed by atoms with Gasteiger partial charge >= 0.3 is 5.97 Å². The fourth-order valence-electron chi connectivity index (χ4n) is 6.51. The van der Waals surface area contributed by atoms with E-state index in [0.29, 0.717) is 13.0 Å². The van der Waals surface area contributed by atoms with E-state index in [1.54, 1.807) is 0 Å². The molecule has 0 aromatic carbocycles. The minimum atomic E-state index is -1.71. The maximum Gasteiger partial charge on any atom is 0.306 e. The van der Waals surface area contributed by atoms with Crippen LogP contribution >= 0.6 is 0 Å². The number of unbranched alkanes of at least 4 members (excludes halogenated alkanes) is 10. The van der Waals surface area contributed by atoms with Crippen LogP contribution in [0.5, 0.6) is 0 Å². The van der Waals surface area contributed by atoms with Crippen molar-refractivity contribution >= 4 is 5.97 Å². The lowest BCUT2D eigenvalue weighted by atomic mass is 9.98. The van der Waals surface area contributed by atoms with Gasteiger partial charge in [0, 0.05) is 13.0 Å². The average molecular weight is 829 g/mol. The van der Waals surface area contributed by atoms with Crippen molar-refractivity contribution in [2.75, 3.05) is 33.0 Å². The molecule has 2 rings (SSSR count). The first-order chi connectivity index (χ1) is 28.1. The monoisotopic (exact) mass is 829 g/mol. The van der Waals surface area contributed by atoms with E-state index in [9.17, 15) is 40.5 Å². The Balaban J connectivity index is 1.78. The summed E-state index contributed by atoms with van der Waals surface area (Å²) in [5, 5.41) is 71.7. The molecule has 2 aliphatic rings. The second-order valence-electron chi connectivity index (χ2n) is 15.1. The predicted molar refractivity (Wildman–Crippen MR) is 219 cm³/mol. The predicted octanol–water partition coefficient (Wildman–Crippen LogP) is 4.45. The lowest BCUT2D eigenvalue weighted by Crippen LogP contribution is -2.61. The van der Waals surface area contributed by atoms with Gasteiger partial charge < -0.3 is 64.2 Å². The van der Waals surface area contributed by atoms with Gasteiger partial charge in [0.05, 0.1) is 26.4 Å². The minimum Gasteiger partial charge on any atom is -0.457 e. The summed E-state index contributed by atoms with van der Waals surface area (Å²) in [4.78, 5) is 12.8. The third kappa shape index (κ3) is 21.5. The Kier molecular flexibility index (Phi) is 29.4. The standard InChI is InChI=1S/C44H76O14/c1-3-5-7-9-11-12-13-14-15-16-17-18-19-20-21-22-24-26-28-53-30-33(56-36(46)27-25-23-10-8-6-4-2)31-54-43-42(52)40(50)38(48)35(58-43)32-55-44-41(51)39(49)37(47)34(29-45)57-44/h5,7,11-12,14-15,17-18,33-35,37-45,47-52H,3-4,6,8-10,13,16,19-32H2,1-2H3/b7-5-,12-11-,15-14-,18-17-. The molecule has 0 aromatic heterocycles. The maximum absolute atomic E-state index is 12.8. The highest BCUT2D eigenvalue weighted by Crippen LogP contribution is 2.26. The lowest BCUT2D eigenvalue weighted by Gasteiger charge is -2.42. The van der Waals surface area contributed by atoms with Gasteiger partial charge in [-0.25, -0.2) is 0 Å². The van der Waals surface area contributed by atoms with Gasteiger partial charge in [-0.3, -0.25) is 4.79 Å². The Morgan fingerprint density at radius 2 is 1.12 bits per heavy atom. The van der Waals surface area contributed by atoms with Crippen LogP contribution in [0, 0.1) is 0 Å². The molecule has 0 aliphatic carbocycles. The van der Waals surface area contributed by atoms with E-state index in [2.05, 4.69) is 62.5 Å². The number of aliphatic hydroxyl groups is 7. The van der Waals surface area contributed by atoms with E-state index in [0.717, 1.165) is 96.3 Å². The highest BCUT2D eigenvalue weighted by Gasteiger charge is 2.47. The van der Waals surface area contributed by atoms with Crippen molar-refractivity contribution in [1.29, 1.82) is 0 Å². The van der Waals surface area contributed by atoms with Crippen LogP contribution in [0.1, 0.15) is 123 Å². The van der Waals surface area contributed by atoms with E-state index in [4.69, 9.17) is 28.4 Å². The SMILES string of the molecule is CC/C=C\C/C=C\C/C=C\C/C=C\CCCCCCCOCC(COC1OC(COC2OC(CO)C(O)C(O)C2O)C(O)C(O)C1O)OC(=O)CCCCCCCC. The maximum atomic E-state index is 12.8. The van der Waals surface area contributed by atoms with Crippen molar-refractivity contribution in [1.82, 2.24) is 0 Å². The number of carbonyl (C=O) groups excluding carboxylic acids is 1.